The lowest BCUT2D eigenvalue weighted by atomic mass is 9.82. The van der Waals surface area contributed by atoms with Crippen molar-refractivity contribution in [2.75, 3.05) is 0 Å². The van der Waals surface area contributed by atoms with E-state index in [1.807, 2.05) is 0 Å². The third-order valence-electron chi connectivity index (χ3n) is 7.42. The normalized spacial score (nSPS) is 13.8. The number of para-hydroxylation sites is 1. The van der Waals surface area contributed by atoms with Crippen LogP contribution in [0.1, 0.15) is 64.5 Å². The van der Waals surface area contributed by atoms with E-state index in [1.54, 1.807) is 0 Å². The highest BCUT2D eigenvalue weighted by molar-refractivity contribution is 5.99. The maximum Gasteiger partial charge on any atom is 0.213 e. The minimum Gasteiger partial charge on any atom is -0.205 e. The van der Waals surface area contributed by atoms with E-state index in [9.17, 15) is 0 Å². The van der Waals surface area contributed by atoms with Crippen LogP contribution in [0.4, 0.5) is 0 Å². The van der Waals surface area contributed by atoms with Crippen molar-refractivity contribution in [2.24, 2.45) is 0 Å². The van der Waals surface area contributed by atoms with Crippen LogP contribution in [0.2, 0.25) is 0 Å². The predicted molar refractivity (Wildman–Crippen MR) is 137 cm³/mol. The number of pyridine rings is 2. The Kier molecular flexibility index (Phi) is 5.78. The van der Waals surface area contributed by atoms with Gasteiger partial charge in [0.2, 0.25) is 5.52 Å². The molecule has 0 atom stereocenters. The molecule has 0 saturated carbocycles. The summed E-state index contributed by atoms with van der Waals surface area (Å²) in [6.07, 6.45) is 11.7. The van der Waals surface area contributed by atoms with Gasteiger partial charge in [-0.15, -0.1) is 0 Å². The quantitative estimate of drug-likeness (QED) is 0.276. The second kappa shape index (κ2) is 8.74. The summed E-state index contributed by atoms with van der Waals surface area (Å²) in [5.74, 6) is 0. The third-order valence-corrected chi connectivity index (χ3v) is 7.42. The predicted octanol–water partition coefficient (Wildman–Crippen LogP) is 6.99. The molecule has 4 aromatic rings. The molecule has 0 aliphatic heterocycles. The van der Waals surface area contributed by atoms with Gasteiger partial charge in [0.1, 0.15) is 13.1 Å². The summed E-state index contributed by atoms with van der Waals surface area (Å²) in [5.41, 5.74) is 9.64. The molecule has 33 heavy (non-hydrogen) atoms. The van der Waals surface area contributed by atoms with Crippen molar-refractivity contribution < 1.29 is 9.13 Å². The molecule has 0 saturated heterocycles. The van der Waals surface area contributed by atoms with Crippen LogP contribution in [0.5, 0.6) is 0 Å². The first-order valence-corrected chi connectivity index (χ1v) is 12.6. The van der Waals surface area contributed by atoms with Crippen LogP contribution < -0.4 is 9.13 Å². The highest BCUT2D eigenvalue weighted by Gasteiger charge is 2.39. The smallest absolute Gasteiger partial charge is 0.205 e. The van der Waals surface area contributed by atoms with Crippen LogP contribution in [0.15, 0.2) is 73.2 Å². The minimum absolute atomic E-state index is 0.0194. The number of rotatable bonds is 7. The summed E-state index contributed by atoms with van der Waals surface area (Å²) in [5, 5.41) is 1.38. The van der Waals surface area contributed by atoms with E-state index < -0.39 is 0 Å². The summed E-state index contributed by atoms with van der Waals surface area (Å²) in [7, 11) is 0. The number of fused-ring (bicyclic) bond motifs is 5. The lowest BCUT2D eigenvalue weighted by Crippen LogP contribution is -2.36. The molecular formula is C31H36N2+2. The highest BCUT2D eigenvalue weighted by atomic mass is 14.9. The minimum atomic E-state index is -0.0194. The van der Waals surface area contributed by atoms with Crippen LogP contribution in [0, 0.1) is 0 Å². The van der Waals surface area contributed by atoms with E-state index in [2.05, 4.69) is 110 Å². The van der Waals surface area contributed by atoms with Crippen LogP contribution in [0.25, 0.3) is 33.2 Å². The standard InChI is InChI=1S/C31H36N2/c1-5-7-17-32-19-15-23(16-20-32)24-13-14-25-27(21-24)31(3,4)28-22-33(18-8-6-2)29-12-10-9-11-26(29)30(25)28/h9-16,19-22H,5-8,17-18H2,1-4H3/q+2. The second-order valence-electron chi connectivity index (χ2n) is 10.0. The van der Waals surface area contributed by atoms with Gasteiger partial charge in [-0.25, -0.2) is 4.57 Å². The number of unbranched alkanes of at least 4 members (excludes halogenated alkanes) is 2. The molecule has 2 heteroatoms. The maximum absolute atomic E-state index is 2.48. The van der Waals surface area contributed by atoms with Crippen LogP contribution in [0.3, 0.4) is 0 Å². The van der Waals surface area contributed by atoms with Gasteiger partial charge in [-0.05, 0) is 34.4 Å². The number of hydrogen-bond donors (Lipinski definition) is 0. The topological polar surface area (TPSA) is 7.76 Å². The summed E-state index contributed by atoms with van der Waals surface area (Å²) in [6.45, 7) is 11.5. The van der Waals surface area contributed by atoms with Crippen molar-refractivity contribution in [2.45, 2.75) is 71.9 Å². The molecule has 2 aromatic heterocycles. The van der Waals surface area contributed by atoms with Crippen molar-refractivity contribution in [3.8, 4) is 22.3 Å². The van der Waals surface area contributed by atoms with Gasteiger partial charge in [0, 0.05) is 47.6 Å². The summed E-state index contributed by atoms with van der Waals surface area (Å²) < 4.78 is 4.78. The molecular weight excluding hydrogens is 400 g/mol. The molecule has 1 aliphatic carbocycles. The van der Waals surface area contributed by atoms with Gasteiger partial charge in [0.25, 0.3) is 0 Å². The fraction of sp³-hybridized carbons (Fsp3) is 0.355. The molecule has 2 nitrogen and oxygen atoms in total. The van der Waals surface area contributed by atoms with E-state index in [-0.39, 0.29) is 5.41 Å². The Morgan fingerprint density at radius 1 is 0.758 bits per heavy atom. The van der Waals surface area contributed by atoms with Crippen molar-refractivity contribution in [1.29, 1.82) is 0 Å². The molecule has 0 unspecified atom stereocenters. The van der Waals surface area contributed by atoms with E-state index >= 15 is 0 Å². The van der Waals surface area contributed by atoms with Gasteiger partial charge in [0.15, 0.2) is 18.6 Å². The Morgan fingerprint density at radius 2 is 1.48 bits per heavy atom. The molecule has 168 valence electrons. The van der Waals surface area contributed by atoms with Crippen molar-refractivity contribution in [1.82, 2.24) is 0 Å². The average molecular weight is 437 g/mol. The lowest BCUT2D eigenvalue weighted by molar-refractivity contribution is -0.697. The van der Waals surface area contributed by atoms with Gasteiger partial charge < -0.3 is 0 Å². The fourth-order valence-electron chi connectivity index (χ4n) is 5.39. The monoisotopic (exact) mass is 436 g/mol. The average Bonchev–Trinajstić information content (AvgIpc) is 3.07. The maximum atomic E-state index is 2.48. The molecule has 5 rings (SSSR count). The number of aryl methyl sites for hydroxylation is 2. The Labute approximate surface area is 198 Å². The van der Waals surface area contributed by atoms with Crippen molar-refractivity contribution in [3.05, 3.63) is 84.3 Å². The molecule has 2 heterocycles. The Morgan fingerprint density at radius 3 is 2.24 bits per heavy atom. The highest BCUT2D eigenvalue weighted by Crippen LogP contribution is 2.51. The first-order chi connectivity index (χ1) is 16.0. The summed E-state index contributed by atoms with van der Waals surface area (Å²) in [6, 6.07) is 20.6. The van der Waals surface area contributed by atoms with Crippen LogP contribution in [-0.4, -0.2) is 0 Å². The van der Waals surface area contributed by atoms with E-state index in [1.165, 1.54) is 70.0 Å². The first kappa shape index (κ1) is 21.8. The van der Waals surface area contributed by atoms with E-state index in [0.29, 0.717) is 0 Å². The Bertz CT molecular complexity index is 1300. The molecule has 1 aliphatic rings. The molecule has 0 radical (unpaired) electrons. The van der Waals surface area contributed by atoms with Gasteiger partial charge >= 0.3 is 0 Å². The molecule has 2 aromatic carbocycles. The number of hydrogen-bond acceptors (Lipinski definition) is 0. The fourth-order valence-corrected chi connectivity index (χ4v) is 5.39. The van der Waals surface area contributed by atoms with Crippen molar-refractivity contribution in [3.63, 3.8) is 0 Å². The second-order valence-corrected chi connectivity index (χ2v) is 10.0. The largest absolute Gasteiger partial charge is 0.213 e. The zero-order valence-corrected chi connectivity index (χ0v) is 20.6. The third kappa shape index (κ3) is 3.76. The molecule has 0 spiro atoms. The van der Waals surface area contributed by atoms with E-state index in [0.717, 1.165) is 13.1 Å². The molecule has 0 amide bonds. The van der Waals surface area contributed by atoms with Gasteiger partial charge in [0.05, 0.1) is 5.39 Å². The zero-order chi connectivity index (χ0) is 23.0. The SMILES string of the molecule is CCCC[n+]1ccc(-c2ccc3c(c2)C(C)(C)c2c[n+](CCCC)c4ccccc4c2-3)cc1. The van der Waals surface area contributed by atoms with E-state index in [4.69, 9.17) is 0 Å². The van der Waals surface area contributed by atoms with Crippen molar-refractivity contribution >= 4 is 10.9 Å². The summed E-state index contributed by atoms with van der Waals surface area (Å²) in [4.78, 5) is 0. The first-order valence-electron chi connectivity index (χ1n) is 12.6. The molecule has 0 N–H and O–H groups in total. The molecule has 0 bridgehead atoms. The van der Waals surface area contributed by atoms with Gasteiger partial charge in [-0.1, -0.05) is 64.8 Å². The number of nitrogens with zero attached hydrogens (tertiary/aromatic N) is 2. The zero-order valence-electron chi connectivity index (χ0n) is 20.6. The van der Waals surface area contributed by atoms with Gasteiger partial charge in [-0.2, -0.15) is 4.57 Å². The Balaban J connectivity index is 1.61. The summed E-state index contributed by atoms with van der Waals surface area (Å²) >= 11 is 0. The van der Waals surface area contributed by atoms with Gasteiger partial charge in [-0.3, -0.25) is 0 Å². The Hall–Kier alpha value is -3.00. The number of benzene rings is 2. The van der Waals surface area contributed by atoms with Crippen LogP contribution in [-0.2, 0) is 18.5 Å². The molecule has 0 fully saturated rings. The number of aromatic nitrogens is 2. The van der Waals surface area contributed by atoms with Crippen LogP contribution >= 0.6 is 0 Å². The lowest BCUT2D eigenvalue weighted by Gasteiger charge is -2.21.